The molecule has 0 spiro atoms. The molecule has 1 N–H and O–H groups in total. The van der Waals surface area contributed by atoms with Gasteiger partial charge in [-0.3, -0.25) is 9.69 Å². The average Bonchev–Trinajstić information content (AvgIpc) is 3.20. The van der Waals surface area contributed by atoms with Crippen LogP contribution in [-0.4, -0.2) is 64.3 Å². The van der Waals surface area contributed by atoms with E-state index in [1.165, 1.54) is 29.9 Å². The summed E-state index contributed by atoms with van der Waals surface area (Å²) in [5.41, 5.74) is -0.0566. The van der Waals surface area contributed by atoms with Gasteiger partial charge in [0.15, 0.2) is 5.82 Å². The van der Waals surface area contributed by atoms with Gasteiger partial charge in [0, 0.05) is 57.5 Å². The molecule has 1 aromatic heterocycles. The SMILES string of the molecule is CCCOc1cc(C(F)(F)F)ccc1CN1CCN(C(=O)n2ccc(NC(C)=O)n2)CC1. The van der Waals surface area contributed by atoms with Crippen molar-refractivity contribution in [2.75, 3.05) is 38.1 Å². The Morgan fingerprint density at radius 2 is 1.88 bits per heavy atom. The fraction of sp³-hybridized carbons (Fsp3) is 0.476. The molecule has 8 nitrogen and oxygen atoms in total. The van der Waals surface area contributed by atoms with E-state index >= 15 is 0 Å². The molecule has 1 aromatic carbocycles. The highest BCUT2D eigenvalue weighted by atomic mass is 19.4. The number of carbonyl (C=O) groups excluding carboxylic acids is 2. The molecule has 0 unspecified atom stereocenters. The first kappa shape index (κ1) is 23.6. The molecule has 2 amide bonds. The number of aromatic nitrogens is 2. The fourth-order valence-corrected chi connectivity index (χ4v) is 3.37. The van der Waals surface area contributed by atoms with Crippen LogP contribution in [0.5, 0.6) is 5.75 Å². The number of halogens is 3. The lowest BCUT2D eigenvalue weighted by molar-refractivity contribution is -0.137. The zero-order valence-electron chi connectivity index (χ0n) is 18.0. The smallest absolute Gasteiger partial charge is 0.416 e. The van der Waals surface area contributed by atoms with Gasteiger partial charge < -0.3 is 15.0 Å². The second-order valence-corrected chi connectivity index (χ2v) is 7.54. The molecule has 3 rings (SSSR count). The topological polar surface area (TPSA) is 79.7 Å². The van der Waals surface area contributed by atoms with Crippen LogP contribution in [0.3, 0.4) is 0 Å². The molecule has 0 saturated carbocycles. The number of alkyl halides is 3. The van der Waals surface area contributed by atoms with Crippen molar-refractivity contribution in [2.24, 2.45) is 0 Å². The first-order valence-electron chi connectivity index (χ1n) is 10.3. The van der Waals surface area contributed by atoms with E-state index in [0.717, 1.165) is 12.1 Å². The molecular weight excluding hydrogens is 427 g/mol. The van der Waals surface area contributed by atoms with Crippen LogP contribution in [0.1, 0.15) is 31.4 Å². The monoisotopic (exact) mass is 453 g/mol. The van der Waals surface area contributed by atoms with Crippen LogP contribution in [0.4, 0.5) is 23.8 Å². The predicted octanol–water partition coefficient (Wildman–Crippen LogP) is 3.44. The minimum atomic E-state index is -4.43. The van der Waals surface area contributed by atoms with Gasteiger partial charge in [-0.05, 0) is 18.6 Å². The summed E-state index contributed by atoms with van der Waals surface area (Å²) in [7, 11) is 0. The number of carbonyl (C=O) groups is 2. The quantitative estimate of drug-likeness (QED) is 0.725. The first-order chi connectivity index (χ1) is 15.2. The van der Waals surface area contributed by atoms with E-state index < -0.39 is 11.7 Å². The van der Waals surface area contributed by atoms with Gasteiger partial charge in [-0.1, -0.05) is 13.0 Å². The second-order valence-electron chi connectivity index (χ2n) is 7.54. The maximum atomic E-state index is 13.1. The zero-order chi connectivity index (χ0) is 23.3. The molecule has 0 radical (unpaired) electrons. The number of nitrogens with zero attached hydrogens (tertiary/aromatic N) is 4. The van der Waals surface area contributed by atoms with Crippen LogP contribution >= 0.6 is 0 Å². The van der Waals surface area contributed by atoms with Crippen LogP contribution < -0.4 is 10.1 Å². The maximum Gasteiger partial charge on any atom is 0.416 e. The van der Waals surface area contributed by atoms with Gasteiger partial charge in [-0.15, -0.1) is 5.10 Å². The van der Waals surface area contributed by atoms with Gasteiger partial charge >= 0.3 is 12.2 Å². The second kappa shape index (κ2) is 10.0. The fourth-order valence-electron chi connectivity index (χ4n) is 3.37. The van der Waals surface area contributed by atoms with Crippen LogP contribution in [0, 0.1) is 0 Å². The number of hydrogen-bond acceptors (Lipinski definition) is 5. The Kier molecular flexibility index (Phi) is 7.39. The molecule has 0 bridgehead atoms. The van der Waals surface area contributed by atoms with Crippen LogP contribution in [0.2, 0.25) is 0 Å². The number of piperazine rings is 1. The molecule has 2 heterocycles. The summed E-state index contributed by atoms with van der Waals surface area (Å²) in [6, 6.07) is 4.81. The van der Waals surface area contributed by atoms with Crippen molar-refractivity contribution in [1.29, 1.82) is 0 Å². The summed E-state index contributed by atoms with van der Waals surface area (Å²) in [6.07, 6.45) is -2.26. The van der Waals surface area contributed by atoms with Gasteiger partial charge in [0.25, 0.3) is 0 Å². The molecule has 2 aromatic rings. The van der Waals surface area contributed by atoms with Crippen molar-refractivity contribution >= 4 is 17.8 Å². The summed E-state index contributed by atoms with van der Waals surface area (Å²) >= 11 is 0. The van der Waals surface area contributed by atoms with E-state index in [2.05, 4.69) is 15.3 Å². The van der Waals surface area contributed by atoms with Gasteiger partial charge in [0.05, 0.1) is 12.2 Å². The Morgan fingerprint density at radius 1 is 1.16 bits per heavy atom. The van der Waals surface area contributed by atoms with Crippen molar-refractivity contribution in [1.82, 2.24) is 19.6 Å². The Hall–Kier alpha value is -3.08. The third-order valence-electron chi connectivity index (χ3n) is 4.98. The molecule has 1 aliphatic rings. The van der Waals surface area contributed by atoms with Gasteiger partial charge in [0.1, 0.15) is 5.75 Å². The summed E-state index contributed by atoms with van der Waals surface area (Å²) < 4.78 is 46.0. The van der Waals surface area contributed by atoms with Crippen LogP contribution in [0.25, 0.3) is 0 Å². The van der Waals surface area contributed by atoms with Crippen molar-refractivity contribution in [3.8, 4) is 5.75 Å². The van der Waals surface area contributed by atoms with Crippen molar-refractivity contribution in [3.63, 3.8) is 0 Å². The van der Waals surface area contributed by atoms with Gasteiger partial charge in [-0.2, -0.15) is 17.9 Å². The molecule has 1 saturated heterocycles. The van der Waals surface area contributed by atoms with Gasteiger partial charge in [0.2, 0.25) is 5.91 Å². The number of nitrogens with one attached hydrogen (secondary N) is 1. The molecule has 11 heteroatoms. The van der Waals surface area contributed by atoms with Crippen LogP contribution in [0.15, 0.2) is 30.5 Å². The van der Waals surface area contributed by atoms with Crippen molar-refractivity contribution in [3.05, 3.63) is 41.6 Å². The van der Waals surface area contributed by atoms with Crippen molar-refractivity contribution in [2.45, 2.75) is 33.0 Å². The van der Waals surface area contributed by atoms with E-state index in [9.17, 15) is 22.8 Å². The first-order valence-corrected chi connectivity index (χ1v) is 10.3. The zero-order valence-corrected chi connectivity index (χ0v) is 18.0. The number of anilines is 1. The standard InChI is InChI=1S/C21H26F3N5O3/c1-3-12-32-18-13-17(21(22,23)24)5-4-16(18)14-27-8-10-28(11-9-27)20(31)29-7-6-19(26-29)25-15(2)30/h4-7,13H,3,8-12,14H2,1-2H3,(H,25,26,30). The molecule has 1 fully saturated rings. The number of benzene rings is 1. The third kappa shape index (κ3) is 6.00. The lowest BCUT2D eigenvalue weighted by Crippen LogP contribution is -2.49. The average molecular weight is 453 g/mol. The Labute approximate surface area is 183 Å². The van der Waals surface area contributed by atoms with Crippen LogP contribution in [-0.2, 0) is 17.5 Å². The highest BCUT2D eigenvalue weighted by Crippen LogP contribution is 2.33. The lowest BCUT2D eigenvalue weighted by atomic mass is 10.1. The Morgan fingerprint density at radius 3 is 2.50 bits per heavy atom. The summed E-state index contributed by atoms with van der Waals surface area (Å²) in [6.45, 7) is 6.01. The minimum Gasteiger partial charge on any atom is -0.493 e. The number of hydrogen-bond donors (Lipinski definition) is 1. The van der Waals surface area contributed by atoms with E-state index in [0.29, 0.717) is 57.1 Å². The Bertz CT molecular complexity index is 952. The highest BCUT2D eigenvalue weighted by Gasteiger charge is 2.31. The van der Waals surface area contributed by atoms with Gasteiger partial charge in [-0.25, -0.2) is 4.79 Å². The summed E-state index contributed by atoms with van der Waals surface area (Å²) in [5.74, 6) is 0.260. The summed E-state index contributed by atoms with van der Waals surface area (Å²) in [4.78, 5) is 27.4. The third-order valence-corrected chi connectivity index (χ3v) is 4.98. The van der Waals surface area contributed by atoms with E-state index in [-0.39, 0.29) is 17.7 Å². The molecular formula is C21H26F3N5O3. The largest absolute Gasteiger partial charge is 0.493 e. The highest BCUT2D eigenvalue weighted by molar-refractivity contribution is 5.87. The molecule has 174 valence electrons. The Balaban J connectivity index is 1.61. The molecule has 0 atom stereocenters. The predicted molar refractivity (Wildman–Crippen MR) is 111 cm³/mol. The minimum absolute atomic E-state index is 0.238. The normalized spacial score (nSPS) is 15.0. The van der Waals surface area contributed by atoms with E-state index in [4.69, 9.17) is 4.74 Å². The van der Waals surface area contributed by atoms with E-state index in [1.807, 2.05) is 6.92 Å². The number of ether oxygens (including phenoxy) is 1. The number of rotatable bonds is 6. The maximum absolute atomic E-state index is 13.1. The van der Waals surface area contributed by atoms with E-state index in [1.54, 1.807) is 4.90 Å². The van der Waals surface area contributed by atoms with Crippen molar-refractivity contribution < 1.29 is 27.5 Å². The molecule has 1 aliphatic heterocycles. The molecule has 0 aliphatic carbocycles. The number of amides is 2. The molecule has 32 heavy (non-hydrogen) atoms. The summed E-state index contributed by atoms with van der Waals surface area (Å²) in [5, 5.41) is 6.57. The lowest BCUT2D eigenvalue weighted by Gasteiger charge is -2.34.